The van der Waals surface area contributed by atoms with Crippen LogP contribution < -0.4 is 16.6 Å². The van der Waals surface area contributed by atoms with Gasteiger partial charge < -0.3 is 15.6 Å². The van der Waals surface area contributed by atoms with Gasteiger partial charge >= 0.3 is 0 Å². The van der Waals surface area contributed by atoms with Crippen molar-refractivity contribution >= 4 is 28.2 Å². The standard InChI is InChI=1S/C17H15N3O2/c1-20-13-10-6-5-9-12(13)15(18)14(17(20)22)16(21)19-11-7-3-2-4-8-11/h2-10H,18H2,1H3,(H,19,21). The van der Waals surface area contributed by atoms with Gasteiger partial charge in [0.1, 0.15) is 5.56 Å². The van der Waals surface area contributed by atoms with Gasteiger partial charge in [-0.2, -0.15) is 0 Å². The van der Waals surface area contributed by atoms with Crippen LogP contribution in [0.25, 0.3) is 10.9 Å². The number of fused-ring (bicyclic) bond motifs is 1. The van der Waals surface area contributed by atoms with Gasteiger partial charge in [0.05, 0.1) is 11.2 Å². The summed E-state index contributed by atoms with van der Waals surface area (Å²) in [6, 6.07) is 16.2. The number of hydrogen-bond acceptors (Lipinski definition) is 3. The SMILES string of the molecule is Cn1c(=O)c(C(=O)Nc2ccccc2)c(N)c2ccccc21. The van der Waals surface area contributed by atoms with E-state index in [1.165, 1.54) is 4.57 Å². The molecule has 0 fully saturated rings. The molecule has 22 heavy (non-hydrogen) atoms. The minimum Gasteiger partial charge on any atom is -0.397 e. The lowest BCUT2D eigenvalue weighted by molar-refractivity contribution is 0.102. The predicted molar refractivity (Wildman–Crippen MR) is 88.0 cm³/mol. The zero-order valence-corrected chi connectivity index (χ0v) is 12.0. The molecule has 5 nitrogen and oxygen atoms in total. The van der Waals surface area contributed by atoms with Gasteiger partial charge in [-0.3, -0.25) is 9.59 Å². The molecule has 3 rings (SSSR count). The fourth-order valence-electron chi connectivity index (χ4n) is 2.46. The molecule has 0 atom stereocenters. The number of rotatable bonds is 2. The van der Waals surface area contributed by atoms with Crippen molar-refractivity contribution in [2.24, 2.45) is 7.05 Å². The van der Waals surface area contributed by atoms with E-state index < -0.39 is 11.5 Å². The van der Waals surface area contributed by atoms with Crippen LogP contribution in [-0.2, 0) is 7.05 Å². The van der Waals surface area contributed by atoms with Crippen LogP contribution in [0.5, 0.6) is 0 Å². The number of aromatic nitrogens is 1. The van der Waals surface area contributed by atoms with Gasteiger partial charge in [-0.1, -0.05) is 36.4 Å². The van der Waals surface area contributed by atoms with Crippen molar-refractivity contribution in [2.45, 2.75) is 0 Å². The molecule has 0 aliphatic carbocycles. The maximum atomic E-state index is 12.5. The van der Waals surface area contributed by atoms with Crippen LogP contribution in [0.2, 0.25) is 0 Å². The van der Waals surface area contributed by atoms with E-state index in [0.29, 0.717) is 16.6 Å². The summed E-state index contributed by atoms with van der Waals surface area (Å²) in [5.74, 6) is -0.505. The third-order valence-corrected chi connectivity index (χ3v) is 3.60. The Bertz CT molecular complexity index is 914. The lowest BCUT2D eigenvalue weighted by atomic mass is 10.1. The minimum absolute atomic E-state index is 0.0370. The van der Waals surface area contributed by atoms with Crippen molar-refractivity contribution in [2.75, 3.05) is 11.1 Å². The third-order valence-electron chi connectivity index (χ3n) is 3.60. The first-order valence-corrected chi connectivity index (χ1v) is 6.83. The summed E-state index contributed by atoms with van der Waals surface area (Å²) < 4.78 is 1.44. The molecule has 1 heterocycles. The fourth-order valence-corrected chi connectivity index (χ4v) is 2.46. The Morgan fingerprint density at radius 3 is 2.41 bits per heavy atom. The molecule has 0 saturated heterocycles. The van der Waals surface area contributed by atoms with E-state index >= 15 is 0 Å². The van der Waals surface area contributed by atoms with Crippen LogP contribution in [0.1, 0.15) is 10.4 Å². The number of nitrogens with zero attached hydrogens (tertiary/aromatic N) is 1. The van der Waals surface area contributed by atoms with E-state index in [0.717, 1.165) is 0 Å². The zero-order valence-electron chi connectivity index (χ0n) is 12.0. The maximum absolute atomic E-state index is 12.5. The normalized spacial score (nSPS) is 10.6. The van der Waals surface area contributed by atoms with E-state index in [9.17, 15) is 9.59 Å². The quantitative estimate of drug-likeness (QED) is 0.761. The molecule has 3 N–H and O–H groups in total. The zero-order chi connectivity index (χ0) is 15.7. The summed E-state index contributed by atoms with van der Waals surface area (Å²) in [6.07, 6.45) is 0. The summed E-state index contributed by atoms with van der Waals surface area (Å²) in [4.78, 5) is 24.9. The van der Waals surface area contributed by atoms with Crippen LogP contribution in [0, 0.1) is 0 Å². The highest BCUT2D eigenvalue weighted by molar-refractivity contribution is 6.11. The van der Waals surface area contributed by atoms with Crippen LogP contribution in [-0.4, -0.2) is 10.5 Å². The topological polar surface area (TPSA) is 77.1 Å². The van der Waals surface area contributed by atoms with Crippen molar-refractivity contribution in [3.8, 4) is 0 Å². The summed E-state index contributed by atoms with van der Waals surface area (Å²) in [7, 11) is 1.63. The van der Waals surface area contributed by atoms with Gasteiger partial charge in [0.15, 0.2) is 0 Å². The smallest absolute Gasteiger partial charge is 0.265 e. The van der Waals surface area contributed by atoms with Crippen LogP contribution in [0.3, 0.4) is 0 Å². The summed E-state index contributed by atoms with van der Waals surface area (Å²) in [6.45, 7) is 0. The van der Waals surface area contributed by atoms with Gasteiger partial charge in [-0.15, -0.1) is 0 Å². The Hall–Kier alpha value is -3.08. The Morgan fingerprint density at radius 1 is 1.05 bits per heavy atom. The molecule has 0 unspecified atom stereocenters. The molecule has 0 aliphatic rings. The number of pyridine rings is 1. The first kappa shape index (κ1) is 13.9. The van der Waals surface area contributed by atoms with E-state index in [1.54, 1.807) is 43.4 Å². The number of nitrogens with two attached hydrogens (primary N) is 1. The molecule has 0 bridgehead atoms. The van der Waals surface area contributed by atoms with Crippen molar-refractivity contribution in [1.29, 1.82) is 0 Å². The number of nitrogens with one attached hydrogen (secondary N) is 1. The molecular formula is C17H15N3O2. The Kier molecular flexibility index (Phi) is 3.39. The molecule has 0 radical (unpaired) electrons. The highest BCUT2D eigenvalue weighted by Gasteiger charge is 2.19. The molecule has 1 aromatic heterocycles. The first-order chi connectivity index (χ1) is 10.6. The highest BCUT2D eigenvalue weighted by atomic mass is 16.2. The number of aryl methyl sites for hydroxylation is 1. The van der Waals surface area contributed by atoms with Crippen molar-refractivity contribution < 1.29 is 4.79 Å². The van der Waals surface area contributed by atoms with Crippen molar-refractivity contribution in [3.63, 3.8) is 0 Å². The average molecular weight is 293 g/mol. The number of nitrogen functional groups attached to an aromatic ring is 1. The second-order valence-electron chi connectivity index (χ2n) is 4.99. The minimum atomic E-state index is -0.505. The van der Waals surface area contributed by atoms with Crippen molar-refractivity contribution in [1.82, 2.24) is 4.57 Å². The molecule has 1 amide bonds. The second-order valence-corrected chi connectivity index (χ2v) is 4.99. The number of benzene rings is 2. The number of para-hydroxylation sites is 2. The van der Waals surface area contributed by atoms with Gasteiger partial charge in [0, 0.05) is 18.1 Å². The molecular weight excluding hydrogens is 278 g/mol. The molecule has 3 aromatic rings. The predicted octanol–water partition coefficient (Wildman–Crippen LogP) is 2.37. The Balaban J connectivity index is 2.15. The van der Waals surface area contributed by atoms with Crippen LogP contribution >= 0.6 is 0 Å². The van der Waals surface area contributed by atoms with Gasteiger partial charge in [0.2, 0.25) is 0 Å². The van der Waals surface area contributed by atoms with Crippen molar-refractivity contribution in [3.05, 3.63) is 70.5 Å². The number of hydrogen-bond donors (Lipinski definition) is 2. The van der Waals surface area contributed by atoms with E-state index in [4.69, 9.17) is 5.73 Å². The monoisotopic (exact) mass is 293 g/mol. The van der Waals surface area contributed by atoms with Gasteiger partial charge in [0.25, 0.3) is 11.5 Å². The summed E-state index contributed by atoms with van der Waals surface area (Å²) in [5.41, 5.74) is 7.13. The average Bonchev–Trinajstić information content (AvgIpc) is 2.54. The molecule has 0 spiro atoms. The third kappa shape index (κ3) is 2.22. The van der Waals surface area contributed by atoms with E-state index in [-0.39, 0.29) is 11.3 Å². The number of amides is 1. The Labute approximate surface area is 127 Å². The van der Waals surface area contributed by atoms with Gasteiger partial charge in [-0.25, -0.2) is 0 Å². The van der Waals surface area contributed by atoms with Gasteiger partial charge in [-0.05, 0) is 18.2 Å². The lowest BCUT2D eigenvalue weighted by Gasteiger charge is -2.12. The largest absolute Gasteiger partial charge is 0.397 e. The number of carbonyl (C=O) groups excluding carboxylic acids is 1. The fraction of sp³-hybridized carbons (Fsp3) is 0.0588. The molecule has 5 heteroatoms. The lowest BCUT2D eigenvalue weighted by Crippen LogP contribution is -2.29. The molecule has 0 aliphatic heterocycles. The maximum Gasteiger partial charge on any atom is 0.265 e. The molecule has 0 saturated carbocycles. The van der Waals surface area contributed by atoms with E-state index in [1.807, 2.05) is 18.2 Å². The molecule has 110 valence electrons. The summed E-state index contributed by atoms with van der Waals surface area (Å²) >= 11 is 0. The Morgan fingerprint density at radius 2 is 1.68 bits per heavy atom. The van der Waals surface area contributed by atoms with Crippen LogP contribution in [0.15, 0.2) is 59.4 Å². The highest BCUT2D eigenvalue weighted by Crippen LogP contribution is 2.22. The van der Waals surface area contributed by atoms with Crippen LogP contribution in [0.4, 0.5) is 11.4 Å². The molecule has 2 aromatic carbocycles. The first-order valence-electron chi connectivity index (χ1n) is 6.83. The number of anilines is 2. The summed E-state index contributed by atoms with van der Waals surface area (Å²) in [5, 5.41) is 3.38. The van der Waals surface area contributed by atoms with E-state index in [2.05, 4.69) is 5.32 Å². The second kappa shape index (κ2) is 5.37. The number of carbonyl (C=O) groups is 1.